The first-order chi connectivity index (χ1) is 6.31. The van der Waals surface area contributed by atoms with Gasteiger partial charge in [0.05, 0.1) is 5.16 Å². The Morgan fingerprint density at radius 1 is 1.07 bits per heavy atom. The second kappa shape index (κ2) is 5.89. The summed E-state index contributed by atoms with van der Waals surface area (Å²) >= 11 is 0. The topological polar surface area (TPSA) is 57.5 Å². The van der Waals surface area contributed by atoms with Crippen LogP contribution in [0.3, 0.4) is 0 Å². The van der Waals surface area contributed by atoms with Gasteiger partial charge in [-0.1, -0.05) is 39.0 Å². The lowest BCUT2D eigenvalue weighted by atomic mass is 10.0. The van der Waals surface area contributed by atoms with Crippen molar-refractivity contribution < 1.29 is 14.4 Å². The van der Waals surface area contributed by atoms with Crippen LogP contribution in [0.25, 0.3) is 0 Å². The van der Waals surface area contributed by atoms with Gasteiger partial charge >= 0.3 is 7.60 Å². The van der Waals surface area contributed by atoms with Crippen molar-refractivity contribution in [3.05, 3.63) is 0 Å². The molecule has 0 saturated carbocycles. The molecule has 0 fully saturated rings. The lowest BCUT2D eigenvalue weighted by molar-refractivity contribution is 0.327. The van der Waals surface area contributed by atoms with Crippen LogP contribution in [-0.4, -0.2) is 14.9 Å². The first-order valence-corrected chi connectivity index (χ1v) is 6.98. The SMILES string of the molecule is CCCCCCCC(C)(C)P(=O)(O)O. The Hall–Kier alpha value is 0.150. The van der Waals surface area contributed by atoms with Crippen molar-refractivity contribution in [3.63, 3.8) is 0 Å². The third-order valence-electron chi connectivity index (χ3n) is 2.68. The van der Waals surface area contributed by atoms with E-state index in [2.05, 4.69) is 6.92 Å². The van der Waals surface area contributed by atoms with Crippen LogP contribution in [0, 0.1) is 0 Å². The summed E-state index contributed by atoms with van der Waals surface area (Å²) in [5.41, 5.74) is 0. The van der Waals surface area contributed by atoms with Crippen molar-refractivity contribution in [3.8, 4) is 0 Å². The molecule has 0 aliphatic carbocycles. The monoisotopic (exact) mass is 222 g/mol. The number of unbranched alkanes of at least 4 members (excludes halogenated alkanes) is 4. The average Bonchev–Trinajstić information content (AvgIpc) is 2.02. The maximum atomic E-state index is 11.1. The van der Waals surface area contributed by atoms with E-state index in [1.807, 2.05) is 0 Å². The van der Waals surface area contributed by atoms with E-state index in [1.165, 1.54) is 19.3 Å². The Morgan fingerprint density at radius 2 is 1.57 bits per heavy atom. The molecule has 0 rings (SSSR count). The van der Waals surface area contributed by atoms with Gasteiger partial charge in [0.2, 0.25) is 0 Å². The fourth-order valence-electron chi connectivity index (χ4n) is 1.31. The van der Waals surface area contributed by atoms with E-state index in [4.69, 9.17) is 9.79 Å². The van der Waals surface area contributed by atoms with E-state index in [0.29, 0.717) is 6.42 Å². The molecule has 0 aromatic heterocycles. The van der Waals surface area contributed by atoms with Crippen LogP contribution >= 0.6 is 7.60 Å². The molecule has 86 valence electrons. The molecule has 0 heterocycles. The zero-order valence-electron chi connectivity index (χ0n) is 9.49. The van der Waals surface area contributed by atoms with E-state index in [-0.39, 0.29) is 0 Å². The van der Waals surface area contributed by atoms with Gasteiger partial charge in [0.25, 0.3) is 0 Å². The lowest BCUT2D eigenvalue weighted by Gasteiger charge is -2.25. The van der Waals surface area contributed by atoms with E-state index in [0.717, 1.165) is 12.8 Å². The summed E-state index contributed by atoms with van der Waals surface area (Å²) in [5, 5.41) is -0.848. The van der Waals surface area contributed by atoms with Crippen molar-refractivity contribution >= 4 is 7.60 Å². The summed E-state index contributed by atoms with van der Waals surface area (Å²) in [6, 6.07) is 0. The molecule has 0 aliphatic heterocycles. The molecule has 0 unspecified atom stereocenters. The van der Waals surface area contributed by atoms with Crippen molar-refractivity contribution in [2.75, 3.05) is 0 Å². The van der Waals surface area contributed by atoms with Crippen LogP contribution < -0.4 is 0 Å². The Morgan fingerprint density at radius 3 is 2.00 bits per heavy atom. The highest BCUT2D eigenvalue weighted by atomic mass is 31.2. The van der Waals surface area contributed by atoms with Crippen molar-refractivity contribution in [1.29, 1.82) is 0 Å². The van der Waals surface area contributed by atoms with Crippen LogP contribution in [0.1, 0.15) is 59.3 Å². The standard InChI is InChI=1S/C10H23O3P/c1-4-5-6-7-8-9-10(2,3)14(11,12)13/h4-9H2,1-3H3,(H2,11,12,13). The molecule has 0 aromatic rings. The molecule has 2 N–H and O–H groups in total. The fourth-order valence-corrected chi connectivity index (χ4v) is 1.76. The predicted octanol–water partition coefficient (Wildman–Crippen LogP) is 3.30. The molecular formula is C10H23O3P. The Kier molecular flexibility index (Phi) is 5.96. The molecule has 3 nitrogen and oxygen atoms in total. The zero-order chi connectivity index (χ0) is 11.2. The molecule has 0 bridgehead atoms. The van der Waals surface area contributed by atoms with E-state index in [9.17, 15) is 4.57 Å². The minimum atomic E-state index is -3.92. The molecule has 0 atom stereocenters. The van der Waals surface area contributed by atoms with Crippen LogP contribution in [-0.2, 0) is 4.57 Å². The molecule has 0 radical (unpaired) electrons. The largest absolute Gasteiger partial charge is 0.331 e. The van der Waals surface area contributed by atoms with E-state index >= 15 is 0 Å². The highest BCUT2D eigenvalue weighted by molar-refractivity contribution is 7.53. The number of rotatable bonds is 7. The van der Waals surface area contributed by atoms with Crippen LogP contribution in [0.5, 0.6) is 0 Å². The maximum Gasteiger partial charge on any atom is 0.331 e. The van der Waals surface area contributed by atoms with Gasteiger partial charge in [-0.05, 0) is 20.3 Å². The Bertz CT molecular complexity index is 196. The average molecular weight is 222 g/mol. The molecule has 0 aliphatic rings. The zero-order valence-corrected chi connectivity index (χ0v) is 10.4. The quantitative estimate of drug-likeness (QED) is 0.513. The van der Waals surface area contributed by atoms with Gasteiger partial charge < -0.3 is 9.79 Å². The maximum absolute atomic E-state index is 11.1. The van der Waals surface area contributed by atoms with Crippen LogP contribution in [0.2, 0.25) is 0 Å². The number of hydrogen-bond donors (Lipinski definition) is 2. The molecule has 14 heavy (non-hydrogen) atoms. The summed E-state index contributed by atoms with van der Waals surface area (Å²) in [4.78, 5) is 18.1. The molecule has 0 spiro atoms. The molecule has 4 heteroatoms. The third-order valence-corrected chi connectivity index (χ3v) is 4.48. The van der Waals surface area contributed by atoms with E-state index < -0.39 is 12.8 Å². The molecule has 0 amide bonds. The van der Waals surface area contributed by atoms with Gasteiger partial charge in [0.15, 0.2) is 0 Å². The molecule has 0 saturated heterocycles. The summed E-state index contributed by atoms with van der Waals surface area (Å²) in [6.07, 6.45) is 6.20. The van der Waals surface area contributed by atoms with Crippen molar-refractivity contribution in [2.24, 2.45) is 0 Å². The van der Waals surface area contributed by atoms with Gasteiger partial charge in [-0.15, -0.1) is 0 Å². The Labute approximate surface area is 87.1 Å². The Balaban J connectivity index is 3.73. The first kappa shape index (κ1) is 14.2. The van der Waals surface area contributed by atoms with Gasteiger partial charge in [0, 0.05) is 0 Å². The second-order valence-corrected chi connectivity index (χ2v) is 6.82. The first-order valence-electron chi connectivity index (χ1n) is 5.37. The highest BCUT2D eigenvalue weighted by Crippen LogP contribution is 2.52. The summed E-state index contributed by atoms with van der Waals surface area (Å²) in [7, 11) is -3.92. The minimum absolute atomic E-state index is 0.612. The van der Waals surface area contributed by atoms with Gasteiger partial charge in [-0.25, -0.2) is 0 Å². The van der Waals surface area contributed by atoms with Gasteiger partial charge in [-0.3, -0.25) is 4.57 Å². The third kappa shape index (κ3) is 5.14. The van der Waals surface area contributed by atoms with Gasteiger partial charge in [0.1, 0.15) is 0 Å². The highest BCUT2D eigenvalue weighted by Gasteiger charge is 2.36. The fraction of sp³-hybridized carbons (Fsp3) is 1.00. The summed E-state index contributed by atoms with van der Waals surface area (Å²) in [6.45, 7) is 5.45. The normalized spacial score (nSPS) is 13.2. The second-order valence-electron chi connectivity index (χ2n) is 4.52. The number of hydrogen-bond acceptors (Lipinski definition) is 1. The predicted molar refractivity (Wildman–Crippen MR) is 59.5 cm³/mol. The minimum Gasteiger partial charge on any atom is -0.324 e. The summed E-state index contributed by atoms with van der Waals surface area (Å²) < 4.78 is 11.1. The van der Waals surface area contributed by atoms with Gasteiger partial charge in [-0.2, -0.15) is 0 Å². The van der Waals surface area contributed by atoms with Crippen LogP contribution in [0.15, 0.2) is 0 Å². The lowest BCUT2D eigenvalue weighted by Crippen LogP contribution is -2.19. The molecular weight excluding hydrogens is 199 g/mol. The summed E-state index contributed by atoms with van der Waals surface area (Å²) in [5.74, 6) is 0. The smallest absolute Gasteiger partial charge is 0.324 e. The van der Waals surface area contributed by atoms with Crippen LogP contribution in [0.4, 0.5) is 0 Å². The van der Waals surface area contributed by atoms with Crippen molar-refractivity contribution in [1.82, 2.24) is 0 Å². The van der Waals surface area contributed by atoms with E-state index in [1.54, 1.807) is 13.8 Å². The molecule has 0 aromatic carbocycles. The van der Waals surface area contributed by atoms with Crippen molar-refractivity contribution in [2.45, 2.75) is 64.5 Å².